The van der Waals surface area contributed by atoms with Crippen molar-refractivity contribution < 1.29 is 24.1 Å². The molecule has 6 nitrogen and oxygen atoms in total. The van der Waals surface area contributed by atoms with Gasteiger partial charge in [0.25, 0.3) is 0 Å². The molecule has 0 aliphatic carbocycles. The van der Waals surface area contributed by atoms with Gasteiger partial charge in [0.1, 0.15) is 17.5 Å². The summed E-state index contributed by atoms with van der Waals surface area (Å²) >= 11 is 0. The fourth-order valence-electron chi connectivity index (χ4n) is 3.32. The number of hydrogen-bond acceptors (Lipinski definition) is 5. The molecular formula is C22H29NO5. The molecule has 0 radical (unpaired) electrons. The zero-order valence-corrected chi connectivity index (χ0v) is 16.9. The zero-order chi connectivity index (χ0) is 20.7. The highest BCUT2D eigenvalue weighted by Gasteiger charge is 2.24. The van der Waals surface area contributed by atoms with Crippen LogP contribution in [0.2, 0.25) is 0 Å². The standard InChI is InChI=1S/C22H29NO5/c1-5-17(21(23)22(24)25)15-7-9-16(10-8-15)20-18(26-3)11-14(13-28-6-2)12-19(20)27-4/h7-12,17,21H,5-6,13,23H2,1-4H3,(H,24,25)/t17?,21-/m0/s1. The van der Waals surface area contributed by atoms with Crippen molar-refractivity contribution in [1.82, 2.24) is 0 Å². The summed E-state index contributed by atoms with van der Waals surface area (Å²) in [4.78, 5) is 11.3. The average Bonchev–Trinajstić information content (AvgIpc) is 2.72. The third-order valence-corrected chi connectivity index (χ3v) is 4.82. The van der Waals surface area contributed by atoms with E-state index in [-0.39, 0.29) is 5.92 Å². The Balaban J connectivity index is 2.43. The van der Waals surface area contributed by atoms with Gasteiger partial charge in [0.2, 0.25) is 0 Å². The Morgan fingerprint density at radius 1 is 1.07 bits per heavy atom. The monoisotopic (exact) mass is 387 g/mol. The molecule has 0 aliphatic heterocycles. The predicted octanol–water partition coefficient (Wildman–Crippen LogP) is 3.81. The molecule has 6 heteroatoms. The van der Waals surface area contributed by atoms with Gasteiger partial charge in [-0.3, -0.25) is 4.79 Å². The molecule has 0 saturated carbocycles. The van der Waals surface area contributed by atoms with Crippen LogP contribution in [0.1, 0.15) is 37.3 Å². The Bertz CT molecular complexity index is 763. The lowest BCUT2D eigenvalue weighted by Gasteiger charge is -2.20. The first-order valence-electron chi connectivity index (χ1n) is 9.38. The Morgan fingerprint density at radius 2 is 1.64 bits per heavy atom. The highest BCUT2D eigenvalue weighted by atomic mass is 16.5. The SMILES string of the molecule is CCOCc1cc(OC)c(-c2ccc(C(CC)[C@H](N)C(=O)O)cc2)c(OC)c1. The van der Waals surface area contributed by atoms with Gasteiger partial charge in [-0.25, -0.2) is 0 Å². The molecule has 0 amide bonds. The molecule has 28 heavy (non-hydrogen) atoms. The fraction of sp³-hybridized carbons (Fsp3) is 0.409. The number of rotatable bonds is 10. The van der Waals surface area contributed by atoms with E-state index >= 15 is 0 Å². The van der Waals surface area contributed by atoms with Crippen LogP contribution < -0.4 is 15.2 Å². The fourth-order valence-corrected chi connectivity index (χ4v) is 3.32. The summed E-state index contributed by atoms with van der Waals surface area (Å²) in [6.45, 7) is 4.99. The first-order valence-corrected chi connectivity index (χ1v) is 9.38. The van der Waals surface area contributed by atoms with Crippen molar-refractivity contribution in [2.45, 2.75) is 38.8 Å². The van der Waals surface area contributed by atoms with E-state index in [0.717, 1.165) is 22.3 Å². The van der Waals surface area contributed by atoms with Crippen LogP contribution in [-0.2, 0) is 16.1 Å². The van der Waals surface area contributed by atoms with Crippen LogP contribution in [0.4, 0.5) is 0 Å². The second-order valence-corrected chi connectivity index (χ2v) is 6.51. The number of carbonyl (C=O) groups is 1. The van der Waals surface area contributed by atoms with E-state index in [1.54, 1.807) is 14.2 Å². The minimum absolute atomic E-state index is 0.246. The minimum atomic E-state index is -0.996. The van der Waals surface area contributed by atoms with Crippen LogP contribution in [0.5, 0.6) is 11.5 Å². The molecular weight excluding hydrogens is 358 g/mol. The summed E-state index contributed by atoms with van der Waals surface area (Å²) in [5.41, 5.74) is 9.47. The van der Waals surface area contributed by atoms with Gasteiger partial charge in [-0.2, -0.15) is 0 Å². The Labute approximate surface area is 166 Å². The van der Waals surface area contributed by atoms with Crippen molar-refractivity contribution in [3.8, 4) is 22.6 Å². The summed E-state index contributed by atoms with van der Waals surface area (Å²) in [6, 6.07) is 10.7. The van der Waals surface area contributed by atoms with E-state index in [1.165, 1.54) is 0 Å². The Hall–Kier alpha value is -2.57. The minimum Gasteiger partial charge on any atom is -0.496 e. The normalized spacial score (nSPS) is 13.0. The number of ether oxygens (including phenoxy) is 3. The third kappa shape index (κ3) is 4.82. The molecule has 0 spiro atoms. The zero-order valence-electron chi connectivity index (χ0n) is 16.9. The van der Waals surface area contributed by atoms with Crippen molar-refractivity contribution in [2.75, 3.05) is 20.8 Å². The number of methoxy groups -OCH3 is 2. The van der Waals surface area contributed by atoms with Gasteiger partial charge >= 0.3 is 5.97 Å². The van der Waals surface area contributed by atoms with E-state index in [1.807, 2.05) is 50.2 Å². The molecule has 0 aromatic heterocycles. The van der Waals surface area contributed by atoms with E-state index in [2.05, 4.69) is 0 Å². The van der Waals surface area contributed by atoms with Crippen LogP contribution in [0.25, 0.3) is 11.1 Å². The third-order valence-electron chi connectivity index (χ3n) is 4.82. The van der Waals surface area contributed by atoms with E-state index in [0.29, 0.717) is 31.1 Å². The lowest BCUT2D eigenvalue weighted by atomic mass is 9.88. The van der Waals surface area contributed by atoms with Crippen LogP contribution in [0.15, 0.2) is 36.4 Å². The van der Waals surface area contributed by atoms with Gasteiger partial charge in [-0.05, 0) is 42.2 Å². The summed E-state index contributed by atoms with van der Waals surface area (Å²) in [5.74, 6) is 0.139. The lowest BCUT2D eigenvalue weighted by molar-refractivity contribution is -0.139. The van der Waals surface area contributed by atoms with E-state index in [9.17, 15) is 9.90 Å². The van der Waals surface area contributed by atoms with Crippen molar-refractivity contribution in [2.24, 2.45) is 5.73 Å². The summed E-state index contributed by atoms with van der Waals surface area (Å²) in [5, 5.41) is 9.23. The molecule has 1 unspecified atom stereocenters. The highest BCUT2D eigenvalue weighted by molar-refractivity contribution is 5.78. The molecule has 2 aromatic carbocycles. The van der Waals surface area contributed by atoms with Gasteiger partial charge in [0.05, 0.1) is 26.4 Å². The highest BCUT2D eigenvalue weighted by Crippen LogP contribution is 2.40. The van der Waals surface area contributed by atoms with Gasteiger partial charge in [-0.1, -0.05) is 31.2 Å². The van der Waals surface area contributed by atoms with Crippen LogP contribution >= 0.6 is 0 Å². The topological polar surface area (TPSA) is 91.0 Å². The largest absolute Gasteiger partial charge is 0.496 e. The first kappa shape index (κ1) is 21.7. The number of nitrogens with two attached hydrogens (primary N) is 1. The van der Waals surface area contributed by atoms with Crippen LogP contribution in [0.3, 0.4) is 0 Å². The molecule has 152 valence electrons. The van der Waals surface area contributed by atoms with E-state index < -0.39 is 12.0 Å². The van der Waals surface area contributed by atoms with E-state index in [4.69, 9.17) is 19.9 Å². The van der Waals surface area contributed by atoms with Crippen molar-refractivity contribution >= 4 is 5.97 Å². The molecule has 0 bridgehead atoms. The number of hydrogen-bond donors (Lipinski definition) is 2. The Kier molecular flexibility index (Phi) is 7.84. The lowest BCUT2D eigenvalue weighted by Crippen LogP contribution is -2.36. The maximum atomic E-state index is 11.3. The van der Waals surface area contributed by atoms with Crippen molar-refractivity contribution in [3.05, 3.63) is 47.5 Å². The number of carboxylic acid groups (broad SMARTS) is 1. The van der Waals surface area contributed by atoms with Crippen LogP contribution in [-0.4, -0.2) is 37.9 Å². The summed E-state index contributed by atoms with van der Waals surface area (Å²) in [6.07, 6.45) is 0.644. The van der Waals surface area contributed by atoms with Gasteiger partial charge < -0.3 is 25.1 Å². The second-order valence-electron chi connectivity index (χ2n) is 6.51. The average molecular weight is 387 g/mol. The maximum Gasteiger partial charge on any atom is 0.321 e. The molecule has 0 fully saturated rings. The molecule has 0 saturated heterocycles. The summed E-state index contributed by atoms with van der Waals surface area (Å²) < 4.78 is 16.7. The molecule has 0 heterocycles. The van der Waals surface area contributed by atoms with Gasteiger partial charge in [0.15, 0.2) is 0 Å². The molecule has 3 N–H and O–H groups in total. The van der Waals surface area contributed by atoms with Crippen molar-refractivity contribution in [1.29, 1.82) is 0 Å². The maximum absolute atomic E-state index is 11.3. The Morgan fingerprint density at radius 3 is 2.07 bits per heavy atom. The molecule has 2 aromatic rings. The number of carboxylic acids is 1. The molecule has 2 atom stereocenters. The smallest absolute Gasteiger partial charge is 0.321 e. The summed E-state index contributed by atoms with van der Waals surface area (Å²) in [7, 11) is 3.24. The predicted molar refractivity (Wildman–Crippen MR) is 109 cm³/mol. The quantitative estimate of drug-likeness (QED) is 0.644. The number of benzene rings is 2. The second kappa shape index (κ2) is 10.1. The van der Waals surface area contributed by atoms with Crippen molar-refractivity contribution in [3.63, 3.8) is 0 Å². The first-order chi connectivity index (χ1) is 13.5. The molecule has 0 aliphatic rings. The van der Waals surface area contributed by atoms with Crippen LogP contribution in [0, 0.1) is 0 Å². The van der Waals surface area contributed by atoms with Gasteiger partial charge in [0, 0.05) is 12.5 Å². The molecule has 2 rings (SSSR count). The van der Waals surface area contributed by atoms with Gasteiger partial charge in [-0.15, -0.1) is 0 Å². The number of aliphatic carboxylic acids is 1.